The lowest BCUT2D eigenvalue weighted by molar-refractivity contribution is 1.05. The maximum absolute atomic E-state index is 6.73. The van der Waals surface area contributed by atoms with E-state index in [1.165, 1.54) is 32.7 Å². The van der Waals surface area contributed by atoms with Crippen LogP contribution in [0.1, 0.15) is 45.0 Å². The fourth-order valence-electron chi connectivity index (χ4n) is 2.58. The normalized spacial score (nSPS) is 12.7. The average Bonchev–Trinajstić information content (AvgIpc) is 2.75. The van der Waals surface area contributed by atoms with Gasteiger partial charge in [-0.05, 0) is 60.9 Å². The van der Waals surface area contributed by atoms with E-state index in [1.54, 1.807) is 11.3 Å². The van der Waals surface area contributed by atoms with E-state index in [0.29, 0.717) is 0 Å². The van der Waals surface area contributed by atoms with Crippen LogP contribution in [-0.4, -0.2) is 0 Å². The highest BCUT2D eigenvalue weighted by Gasteiger charge is 2.19. The predicted molar refractivity (Wildman–Crippen MR) is 82.0 cm³/mol. The van der Waals surface area contributed by atoms with Crippen LogP contribution in [0.4, 0.5) is 0 Å². The molecule has 0 radical (unpaired) electrons. The standard InChI is InChI=1S/C16H19ClS/c1-5-13-6-7-18-16(13)15(17)14-11(3)8-10(2)9-12(14)4/h6-9,15H,5H2,1-4H3. The van der Waals surface area contributed by atoms with Crippen LogP contribution in [0, 0.1) is 20.8 Å². The minimum Gasteiger partial charge on any atom is -0.147 e. The fraction of sp³-hybridized carbons (Fsp3) is 0.375. The van der Waals surface area contributed by atoms with Crippen molar-refractivity contribution >= 4 is 22.9 Å². The second-order valence-electron chi connectivity index (χ2n) is 4.84. The highest BCUT2D eigenvalue weighted by molar-refractivity contribution is 7.10. The van der Waals surface area contributed by atoms with E-state index >= 15 is 0 Å². The SMILES string of the molecule is CCc1ccsc1C(Cl)c1c(C)cc(C)cc1C. The highest BCUT2D eigenvalue weighted by Crippen LogP contribution is 2.38. The van der Waals surface area contributed by atoms with E-state index < -0.39 is 0 Å². The molecule has 1 aromatic heterocycles. The Kier molecular flexibility index (Phi) is 4.14. The van der Waals surface area contributed by atoms with Crippen LogP contribution >= 0.6 is 22.9 Å². The van der Waals surface area contributed by atoms with Crippen molar-refractivity contribution in [3.63, 3.8) is 0 Å². The zero-order valence-corrected chi connectivity index (χ0v) is 13.0. The number of aryl methyl sites for hydroxylation is 4. The maximum Gasteiger partial charge on any atom is 0.0935 e. The quantitative estimate of drug-likeness (QED) is 0.645. The summed E-state index contributed by atoms with van der Waals surface area (Å²) in [6.07, 6.45) is 1.05. The Morgan fingerprint density at radius 1 is 1.17 bits per heavy atom. The van der Waals surface area contributed by atoms with Crippen LogP contribution in [0.15, 0.2) is 23.6 Å². The number of hydrogen-bond acceptors (Lipinski definition) is 1. The molecule has 0 bridgehead atoms. The van der Waals surface area contributed by atoms with Gasteiger partial charge in [-0.1, -0.05) is 24.6 Å². The lowest BCUT2D eigenvalue weighted by atomic mass is 9.95. The molecule has 0 amide bonds. The molecule has 1 heterocycles. The van der Waals surface area contributed by atoms with Crippen molar-refractivity contribution in [3.8, 4) is 0 Å². The summed E-state index contributed by atoms with van der Waals surface area (Å²) >= 11 is 8.50. The summed E-state index contributed by atoms with van der Waals surface area (Å²) in [5, 5.41) is 2.13. The topological polar surface area (TPSA) is 0 Å². The van der Waals surface area contributed by atoms with Crippen LogP contribution in [0.3, 0.4) is 0 Å². The monoisotopic (exact) mass is 278 g/mol. The smallest absolute Gasteiger partial charge is 0.0935 e. The molecule has 1 aromatic carbocycles. The maximum atomic E-state index is 6.73. The first-order chi connectivity index (χ1) is 8.54. The molecule has 0 saturated carbocycles. The molecule has 0 nitrogen and oxygen atoms in total. The Bertz CT molecular complexity index is 531. The van der Waals surface area contributed by atoms with E-state index in [4.69, 9.17) is 11.6 Å². The average molecular weight is 279 g/mol. The molecular formula is C16H19ClS. The van der Waals surface area contributed by atoms with Crippen LogP contribution in [0.2, 0.25) is 0 Å². The second-order valence-corrected chi connectivity index (χ2v) is 6.22. The molecule has 0 N–H and O–H groups in total. The lowest BCUT2D eigenvalue weighted by Gasteiger charge is -2.17. The number of benzene rings is 1. The van der Waals surface area contributed by atoms with E-state index in [0.717, 1.165) is 6.42 Å². The highest BCUT2D eigenvalue weighted by atomic mass is 35.5. The second kappa shape index (κ2) is 5.46. The Labute approximate surface area is 119 Å². The van der Waals surface area contributed by atoms with Crippen molar-refractivity contribution in [2.75, 3.05) is 0 Å². The summed E-state index contributed by atoms with van der Waals surface area (Å²) in [6.45, 7) is 8.63. The first-order valence-electron chi connectivity index (χ1n) is 6.32. The van der Waals surface area contributed by atoms with Gasteiger partial charge in [-0.2, -0.15) is 0 Å². The van der Waals surface area contributed by atoms with Crippen LogP contribution < -0.4 is 0 Å². The van der Waals surface area contributed by atoms with Crippen molar-refractivity contribution in [2.24, 2.45) is 0 Å². The number of rotatable bonds is 3. The third kappa shape index (κ3) is 2.48. The summed E-state index contributed by atoms with van der Waals surface area (Å²) in [5.74, 6) is 0. The fourth-order valence-corrected chi connectivity index (χ4v) is 4.20. The molecule has 0 aliphatic carbocycles. The van der Waals surface area contributed by atoms with Crippen molar-refractivity contribution < 1.29 is 0 Å². The molecule has 0 saturated heterocycles. The molecule has 18 heavy (non-hydrogen) atoms. The predicted octanol–water partition coefficient (Wildman–Crippen LogP) is 5.56. The van der Waals surface area contributed by atoms with E-state index in [-0.39, 0.29) is 5.38 Å². The minimum absolute atomic E-state index is 0.0134. The van der Waals surface area contributed by atoms with Gasteiger partial charge in [0.1, 0.15) is 0 Å². The van der Waals surface area contributed by atoms with Gasteiger partial charge in [-0.3, -0.25) is 0 Å². The van der Waals surface area contributed by atoms with Crippen molar-refractivity contribution in [3.05, 3.63) is 56.3 Å². The summed E-state index contributed by atoms with van der Waals surface area (Å²) in [6, 6.07) is 6.63. The molecule has 0 spiro atoms. The van der Waals surface area contributed by atoms with Gasteiger partial charge in [0, 0.05) is 4.88 Å². The van der Waals surface area contributed by atoms with Gasteiger partial charge in [-0.25, -0.2) is 0 Å². The van der Waals surface area contributed by atoms with E-state index in [2.05, 4.69) is 51.3 Å². The zero-order chi connectivity index (χ0) is 13.3. The zero-order valence-electron chi connectivity index (χ0n) is 11.4. The Morgan fingerprint density at radius 3 is 2.33 bits per heavy atom. The van der Waals surface area contributed by atoms with E-state index in [9.17, 15) is 0 Å². The van der Waals surface area contributed by atoms with Crippen molar-refractivity contribution in [2.45, 2.75) is 39.5 Å². The summed E-state index contributed by atoms with van der Waals surface area (Å²) in [7, 11) is 0. The lowest BCUT2D eigenvalue weighted by Crippen LogP contribution is -2.00. The molecule has 0 aliphatic rings. The molecule has 0 fully saturated rings. The van der Waals surface area contributed by atoms with E-state index in [1.807, 2.05) is 0 Å². The summed E-state index contributed by atoms with van der Waals surface area (Å²) in [5.41, 5.74) is 6.55. The Hall–Kier alpha value is -0.790. The number of alkyl halides is 1. The van der Waals surface area contributed by atoms with Crippen LogP contribution in [-0.2, 0) is 6.42 Å². The molecule has 1 unspecified atom stereocenters. The van der Waals surface area contributed by atoms with Crippen LogP contribution in [0.25, 0.3) is 0 Å². The molecule has 2 aromatic rings. The Morgan fingerprint density at radius 2 is 1.78 bits per heavy atom. The molecule has 0 aliphatic heterocycles. The summed E-state index contributed by atoms with van der Waals surface area (Å²) in [4.78, 5) is 1.30. The van der Waals surface area contributed by atoms with Gasteiger partial charge in [0.25, 0.3) is 0 Å². The van der Waals surface area contributed by atoms with Gasteiger partial charge in [0.05, 0.1) is 5.38 Å². The molecule has 2 rings (SSSR count). The Balaban J connectivity index is 2.49. The van der Waals surface area contributed by atoms with Crippen molar-refractivity contribution in [1.29, 1.82) is 0 Å². The van der Waals surface area contributed by atoms with Gasteiger partial charge in [-0.15, -0.1) is 22.9 Å². The van der Waals surface area contributed by atoms with Crippen molar-refractivity contribution in [1.82, 2.24) is 0 Å². The number of halogens is 1. The van der Waals surface area contributed by atoms with Gasteiger partial charge in [0.2, 0.25) is 0 Å². The summed E-state index contributed by atoms with van der Waals surface area (Å²) < 4.78 is 0. The van der Waals surface area contributed by atoms with Gasteiger partial charge < -0.3 is 0 Å². The van der Waals surface area contributed by atoms with Gasteiger partial charge in [0.15, 0.2) is 0 Å². The number of thiophene rings is 1. The number of hydrogen-bond donors (Lipinski definition) is 0. The third-order valence-electron chi connectivity index (χ3n) is 3.38. The minimum atomic E-state index is -0.0134. The largest absolute Gasteiger partial charge is 0.147 e. The molecular weight excluding hydrogens is 260 g/mol. The third-order valence-corrected chi connectivity index (χ3v) is 4.97. The molecule has 96 valence electrons. The first-order valence-corrected chi connectivity index (χ1v) is 7.64. The van der Waals surface area contributed by atoms with Crippen LogP contribution in [0.5, 0.6) is 0 Å². The molecule has 1 atom stereocenters. The van der Waals surface area contributed by atoms with Gasteiger partial charge >= 0.3 is 0 Å². The molecule has 2 heteroatoms. The first kappa shape index (κ1) is 13.6.